The third-order valence-corrected chi connectivity index (χ3v) is 4.05. The number of rotatable bonds is 5. The molecule has 1 aromatic rings. The second-order valence-electron chi connectivity index (χ2n) is 5.44. The first-order valence-corrected chi connectivity index (χ1v) is 7.36. The highest BCUT2D eigenvalue weighted by molar-refractivity contribution is 5.85. The first-order chi connectivity index (χ1) is 9.74. The Morgan fingerprint density at radius 1 is 1.14 bits per heavy atom. The summed E-state index contributed by atoms with van der Waals surface area (Å²) in [5.41, 5.74) is 1.27. The van der Waals surface area contributed by atoms with Crippen LogP contribution < -0.4 is 14.8 Å². The molecule has 0 aromatic heterocycles. The fourth-order valence-corrected chi connectivity index (χ4v) is 2.84. The maximum Gasteiger partial charge on any atom is 0.161 e. The maximum absolute atomic E-state index is 5.37. The van der Waals surface area contributed by atoms with E-state index in [4.69, 9.17) is 9.47 Å². The molecule has 1 saturated heterocycles. The van der Waals surface area contributed by atoms with E-state index in [1.54, 1.807) is 14.2 Å². The maximum atomic E-state index is 5.37. The van der Waals surface area contributed by atoms with Gasteiger partial charge in [0.25, 0.3) is 0 Å². The standard InChI is InChI=1S/C16H26N2O2.ClH/c1-18(14-5-4-9-17-10-8-14)12-13-6-7-15(19-2)16(11-13)20-3;/h6-7,11,14,17H,4-5,8-10,12H2,1-3H3;1H. The molecule has 1 aliphatic rings. The van der Waals surface area contributed by atoms with Gasteiger partial charge in [0, 0.05) is 12.6 Å². The summed E-state index contributed by atoms with van der Waals surface area (Å²) in [6, 6.07) is 6.84. The Hall–Kier alpha value is -0.970. The van der Waals surface area contributed by atoms with Gasteiger partial charge in [-0.3, -0.25) is 4.90 Å². The zero-order valence-electron chi connectivity index (χ0n) is 13.2. The Morgan fingerprint density at radius 2 is 1.90 bits per heavy atom. The molecular weight excluding hydrogens is 288 g/mol. The van der Waals surface area contributed by atoms with Gasteiger partial charge in [0.05, 0.1) is 14.2 Å². The lowest BCUT2D eigenvalue weighted by atomic mass is 10.1. The molecule has 120 valence electrons. The highest BCUT2D eigenvalue weighted by Gasteiger charge is 2.17. The van der Waals surface area contributed by atoms with Gasteiger partial charge in [0.2, 0.25) is 0 Å². The van der Waals surface area contributed by atoms with Crippen LogP contribution in [0, 0.1) is 0 Å². The molecule has 0 saturated carbocycles. The molecule has 1 atom stereocenters. The molecule has 1 N–H and O–H groups in total. The van der Waals surface area contributed by atoms with Gasteiger partial charge >= 0.3 is 0 Å². The predicted molar refractivity (Wildman–Crippen MR) is 88.8 cm³/mol. The largest absolute Gasteiger partial charge is 0.493 e. The third kappa shape index (κ3) is 5.06. The van der Waals surface area contributed by atoms with Crippen molar-refractivity contribution in [3.8, 4) is 11.5 Å². The van der Waals surface area contributed by atoms with Crippen molar-refractivity contribution in [2.24, 2.45) is 0 Å². The highest BCUT2D eigenvalue weighted by Crippen LogP contribution is 2.28. The van der Waals surface area contributed by atoms with Crippen LogP contribution in [0.2, 0.25) is 0 Å². The quantitative estimate of drug-likeness (QED) is 0.906. The lowest BCUT2D eigenvalue weighted by molar-refractivity contribution is 0.216. The van der Waals surface area contributed by atoms with Crippen LogP contribution in [0.25, 0.3) is 0 Å². The van der Waals surface area contributed by atoms with Crippen LogP contribution in [-0.4, -0.2) is 45.3 Å². The number of hydrogen-bond donors (Lipinski definition) is 1. The van der Waals surface area contributed by atoms with Gasteiger partial charge in [-0.25, -0.2) is 0 Å². The number of methoxy groups -OCH3 is 2. The first-order valence-electron chi connectivity index (χ1n) is 7.36. The van der Waals surface area contributed by atoms with Gasteiger partial charge in [0.1, 0.15) is 0 Å². The smallest absolute Gasteiger partial charge is 0.161 e. The summed E-state index contributed by atoms with van der Waals surface area (Å²) in [6.45, 7) is 3.23. The molecule has 0 spiro atoms. The fourth-order valence-electron chi connectivity index (χ4n) is 2.84. The van der Waals surface area contributed by atoms with Crippen molar-refractivity contribution in [2.45, 2.75) is 31.8 Å². The average molecular weight is 315 g/mol. The third-order valence-electron chi connectivity index (χ3n) is 4.05. The zero-order valence-corrected chi connectivity index (χ0v) is 14.0. The molecule has 0 amide bonds. The molecule has 4 nitrogen and oxygen atoms in total. The summed E-state index contributed by atoms with van der Waals surface area (Å²) in [4.78, 5) is 2.45. The second kappa shape index (κ2) is 9.13. The van der Waals surface area contributed by atoms with Crippen LogP contribution in [0.4, 0.5) is 0 Å². The van der Waals surface area contributed by atoms with Crippen LogP contribution >= 0.6 is 12.4 Å². The van der Waals surface area contributed by atoms with Crippen molar-refractivity contribution in [3.63, 3.8) is 0 Å². The van der Waals surface area contributed by atoms with Crippen molar-refractivity contribution in [3.05, 3.63) is 23.8 Å². The van der Waals surface area contributed by atoms with Gasteiger partial charge in [-0.05, 0) is 57.1 Å². The molecule has 0 radical (unpaired) electrons. The number of hydrogen-bond acceptors (Lipinski definition) is 4. The lowest BCUT2D eigenvalue weighted by Gasteiger charge is -2.27. The molecule has 1 aliphatic heterocycles. The van der Waals surface area contributed by atoms with E-state index in [2.05, 4.69) is 29.4 Å². The van der Waals surface area contributed by atoms with Crippen molar-refractivity contribution in [1.82, 2.24) is 10.2 Å². The van der Waals surface area contributed by atoms with Gasteiger partial charge < -0.3 is 14.8 Å². The van der Waals surface area contributed by atoms with Crippen LogP contribution in [-0.2, 0) is 6.54 Å². The van der Waals surface area contributed by atoms with Gasteiger partial charge in [0.15, 0.2) is 11.5 Å². The van der Waals surface area contributed by atoms with Crippen LogP contribution in [0.15, 0.2) is 18.2 Å². The Labute approximate surface area is 134 Å². The monoisotopic (exact) mass is 314 g/mol. The second-order valence-corrected chi connectivity index (χ2v) is 5.44. The Balaban J connectivity index is 0.00000220. The van der Waals surface area contributed by atoms with Crippen LogP contribution in [0.1, 0.15) is 24.8 Å². The van der Waals surface area contributed by atoms with E-state index in [0.29, 0.717) is 6.04 Å². The van der Waals surface area contributed by atoms with Crippen molar-refractivity contribution < 1.29 is 9.47 Å². The van der Waals surface area contributed by atoms with Crippen LogP contribution in [0.3, 0.4) is 0 Å². The summed E-state index contributed by atoms with van der Waals surface area (Å²) in [6.07, 6.45) is 3.77. The van der Waals surface area contributed by atoms with E-state index in [1.165, 1.54) is 24.8 Å². The van der Waals surface area contributed by atoms with E-state index in [-0.39, 0.29) is 12.4 Å². The number of nitrogens with zero attached hydrogens (tertiary/aromatic N) is 1. The van der Waals surface area contributed by atoms with E-state index in [9.17, 15) is 0 Å². The minimum absolute atomic E-state index is 0. The minimum Gasteiger partial charge on any atom is -0.493 e. The SMILES string of the molecule is COc1ccc(CN(C)C2CCCNCC2)cc1OC.Cl. The van der Waals surface area contributed by atoms with E-state index < -0.39 is 0 Å². The van der Waals surface area contributed by atoms with Crippen molar-refractivity contribution in [1.29, 1.82) is 0 Å². The molecular formula is C16H27ClN2O2. The van der Waals surface area contributed by atoms with Gasteiger partial charge in [-0.1, -0.05) is 6.07 Å². The van der Waals surface area contributed by atoms with Crippen LogP contribution in [0.5, 0.6) is 11.5 Å². The molecule has 1 heterocycles. The molecule has 1 fully saturated rings. The Kier molecular flexibility index (Phi) is 7.86. The number of halogens is 1. The number of ether oxygens (including phenoxy) is 2. The molecule has 0 bridgehead atoms. The predicted octanol–water partition coefficient (Wildman–Crippen LogP) is 2.70. The molecule has 21 heavy (non-hydrogen) atoms. The van der Waals surface area contributed by atoms with Crippen molar-refractivity contribution >= 4 is 12.4 Å². The summed E-state index contributed by atoms with van der Waals surface area (Å²) in [5.74, 6) is 1.60. The summed E-state index contributed by atoms with van der Waals surface area (Å²) < 4.78 is 10.7. The minimum atomic E-state index is 0. The summed E-state index contributed by atoms with van der Waals surface area (Å²) >= 11 is 0. The zero-order chi connectivity index (χ0) is 14.4. The highest BCUT2D eigenvalue weighted by atomic mass is 35.5. The van der Waals surface area contributed by atoms with E-state index in [0.717, 1.165) is 31.1 Å². The van der Waals surface area contributed by atoms with E-state index >= 15 is 0 Å². The number of nitrogens with one attached hydrogen (secondary N) is 1. The van der Waals surface area contributed by atoms with Gasteiger partial charge in [-0.15, -0.1) is 12.4 Å². The van der Waals surface area contributed by atoms with Crippen molar-refractivity contribution in [2.75, 3.05) is 34.4 Å². The summed E-state index contributed by atoms with van der Waals surface area (Å²) in [5, 5.41) is 3.47. The summed E-state index contributed by atoms with van der Waals surface area (Å²) in [7, 11) is 5.57. The molecule has 1 aromatic carbocycles. The van der Waals surface area contributed by atoms with Gasteiger partial charge in [-0.2, -0.15) is 0 Å². The first kappa shape index (κ1) is 18.1. The molecule has 1 unspecified atom stereocenters. The molecule has 2 rings (SSSR count). The molecule has 0 aliphatic carbocycles. The number of benzene rings is 1. The Bertz CT molecular complexity index is 421. The Morgan fingerprint density at radius 3 is 2.62 bits per heavy atom. The normalized spacial score (nSPS) is 18.8. The average Bonchev–Trinajstić information content (AvgIpc) is 2.76. The lowest BCUT2D eigenvalue weighted by Crippen LogP contribution is -2.32. The van der Waals surface area contributed by atoms with E-state index in [1.807, 2.05) is 6.07 Å². The fraction of sp³-hybridized carbons (Fsp3) is 0.625. The topological polar surface area (TPSA) is 33.7 Å². The molecule has 5 heteroatoms.